The van der Waals surface area contributed by atoms with Crippen LogP contribution in [0.4, 0.5) is 10.5 Å². The zero-order valence-corrected chi connectivity index (χ0v) is 18.4. The molecule has 1 unspecified atom stereocenters. The van der Waals surface area contributed by atoms with Crippen LogP contribution < -0.4 is 10.5 Å². The van der Waals surface area contributed by atoms with Gasteiger partial charge in [0.1, 0.15) is 0 Å². The van der Waals surface area contributed by atoms with Crippen LogP contribution in [-0.2, 0) is 41.2 Å². The smallest absolute Gasteiger partial charge is 0.354 e. The van der Waals surface area contributed by atoms with Crippen molar-refractivity contribution in [3.63, 3.8) is 0 Å². The number of furan rings is 1. The highest BCUT2D eigenvalue weighted by Crippen LogP contribution is 2.38. The number of rotatable bonds is 3. The number of carbonyl (C=O) groups excluding carboxylic acids is 1. The summed E-state index contributed by atoms with van der Waals surface area (Å²) in [7, 11) is -3.56. The molecule has 0 spiro atoms. The van der Waals surface area contributed by atoms with Gasteiger partial charge in [-0.2, -0.15) is 13.5 Å². The van der Waals surface area contributed by atoms with E-state index >= 15 is 0 Å². The van der Waals surface area contributed by atoms with Gasteiger partial charge in [0.15, 0.2) is 9.92 Å². The normalized spacial score (nSPS) is 17.1. The number of nitrogens with zero attached hydrogens (tertiary/aromatic N) is 1. The second-order valence-electron chi connectivity index (χ2n) is 8.04. The van der Waals surface area contributed by atoms with Crippen LogP contribution in [0.15, 0.2) is 32.3 Å². The van der Waals surface area contributed by atoms with Crippen molar-refractivity contribution in [1.82, 2.24) is 0 Å². The highest BCUT2D eigenvalue weighted by Gasteiger charge is 2.26. The largest absolute Gasteiger partial charge is 0.453 e. The highest BCUT2D eigenvalue weighted by molar-refractivity contribution is 7.91. The molecule has 0 aliphatic heterocycles. The lowest BCUT2D eigenvalue weighted by Gasteiger charge is -2.15. The number of urea groups is 1. The molecule has 158 valence electrons. The van der Waals surface area contributed by atoms with Crippen molar-refractivity contribution in [1.29, 1.82) is 0 Å². The van der Waals surface area contributed by atoms with Crippen LogP contribution in [0.1, 0.15) is 54.5 Å². The fourth-order valence-electron chi connectivity index (χ4n) is 4.06. The molecular formula is C20H27N3O4S2. The molecule has 2 aromatic rings. The van der Waals surface area contributed by atoms with Gasteiger partial charge in [-0.3, -0.25) is 0 Å². The van der Waals surface area contributed by atoms with Gasteiger partial charge in [-0.05, 0) is 74.6 Å². The summed E-state index contributed by atoms with van der Waals surface area (Å²) in [6.45, 7) is 3.14. The minimum atomic E-state index is -3.56. The first-order chi connectivity index (χ1) is 13.1. The van der Waals surface area contributed by atoms with E-state index in [0.717, 1.165) is 55.3 Å². The lowest BCUT2D eigenvalue weighted by molar-refractivity contribution is 0.0779. The summed E-state index contributed by atoms with van der Waals surface area (Å²) in [5, 5.41) is 18.5. The van der Waals surface area contributed by atoms with Crippen LogP contribution in [0.25, 0.3) is 0 Å². The first-order valence-corrected chi connectivity index (χ1v) is 11.1. The minimum absolute atomic E-state index is 0. The van der Waals surface area contributed by atoms with E-state index in [4.69, 9.17) is 9.56 Å². The Bertz CT molecular complexity index is 1040. The number of hydrogen-bond acceptors (Lipinski definition) is 4. The van der Waals surface area contributed by atoms with Crippen LogP contribution in [-0.4, -0.2) is 15.3 Å². The number of benzene rings is 1. The van der Waals surface area contributed by atoms with E-state index in [-0.39, 0.29) is 18.6 Å². The fourth-order valence-corrected chi connectivity index (χ4v) is 4.92. The van der Waals surface area contributed by atoms with Crippen molar-refractivity contribution in [2.75, 3.05) is 5.32 Å². The quantitative estimate of drug-likeness (QED) is 0.681. The van der Waals surface area contributed by atoms with Gasteiger partial charge in [0.2, 0.25) is 5.09 Å². The molecule has 7 nitrogen and oxygen atoms in total. The molecule has 1 heterocycles. The van der Waals surface area contributed by atoms with Gasteiger partial charge < -0.3 is 14.8 Å². The molecular weight excluding hydrogens is 410 g/mol. The second-order valence-corrected chi connectivity index (χ2v) is 9.76. The average Bonchev–Trinajstić information content (AvgIpc) is 3.33. The maximum atomic E-state index is 12.8. The maximum absolute atomic E-state index is 12.8. The topological polar surface area (TPSA) is 118 Å². The number of nitrogens with two attached hydrogens (primary N) is 1. The Morgan fingerprint density at radius 1 is 1.17 bits per heavy atom. The zero-order chi connectivity index (χ0) is 20.1. The van der Waals surface area contributed by atoms with Crippen LogP contribution in [0.3, 0.4) is 0 Å². The van der Waals surface area contributed by atoms with E-state index in [1.165, 1.54) is 23.5 Å². The SMILES string of the molecule is CC(C)(O)c1coc(S(N)(=O)=NC(=O)Nc2c3c(cc4c2CCC4)CCC3)c1.S. The van der Waals surface area contributed by atoms with E-state index in [9.17, 15) is 14.1 Å². The lowest BCUT2D eigenvalue weighted by atomic mass is 9.99. The molecule has 0 fully saturated rings. The number of nitrogens with one attached hydrogen (secondary N) is 1. The molecule has 0 saturated heterocycles. The Labute approximate surface area is 177 Å². The molecule has 0 saturated carbocycles. The molecule has 2 aliphatic rings. The number of anilines is 1. The molecule has 1 aromatic heterocycles. The highest BCUT2D eigenvalue weighted by atomic mass is 32.2. The van der Waals surface area contributed by atoms with Crippen molar-refractivity contribution in [3.05, 3.63) is 46.2 Å². The summed E-state index contributed by atoms with van der Waals surface area (Å²) in [4.78, 5) is 12.6. The summed E-state index contributed by atoms with van der Waals surface area (Å²) in [5.74, 6) is 0. The average molecular weight is 438 g/mol. The molecule has 9 heteroatoms. The van der Waals surface area contributed by atoms with Gasteiger partial charge >= 0.3 is 6.03 Å². The number of aryl methyl sites for hydroxylation is 2. The molecule has 0 radical (unpaired) electrons. The van der Waals surface area contributed by atoms with Crippen molar-refractivity contribution in [3.8, 4) is 0 Å². The second kappa shape index (κ2) is 7.79. The number of hydrogen-bond donors (Lipinski definition) is 3. The van der Waals surface area contributed by atoms with Gasteiger partial charge in [0.05, 0.1) is 11.9 Å². The van der Waals surface area contributed by atoms with Crippen molar-refractivity contribution in [2.24, 2.45) is 9.50 Å². The summed E-state index contributed by atoms with van der Waals surface area (Å²) in [6, 6.07) is 2.89. The number of aliphatic hydroxyl groups is 1. The summed E-state index contributed by atoms with van der Waals surface area (Å²) in [6.07, 6.45) is 7.28. The molecule has 0 bridgehead atoms. The third kappa shape index (κ3) is 4.23. The van der Waals surface area contributed by atoms with Gasteiger partial charge in [0.25, 0.3) is 0 Å². The monoisotopic (exact) mass is 437 g/mol. The molecule has 2 aliphatic carbocycles. The van der Waals surface area contributed by atoms with E-state index < -0.39 is 21.5 Å². The van der Waals surface area contributed by atoms with E-state index in [0.29, 0.717) is 5.56 Å². The van der Waals surface area contributed by atoms with E-state index in [1.54, 1.807) is 13.8 Å². The van der Waals surface area contributed by atoms with Gasteiger partial charge in [-0.15, -0.1) is 4.36 Å². The number of amides is 2. The lowest BCUT2D eigenvalue weighted by Crippen LogP contribution is -2.19. The molecule has 1 atom stereocenters. The van der Waals surface area contributed by atoms with Gasteiger partial charge in [-0.1, -0.05) is 6.07 Å². The Morgan fingerprint density at radius 3 is 2.28 bits per heavy atom. The standard InChI is InChI=1S/C20H25N3O4S.H2S/c1-20(2,25)14-10-17(27-11-14)28(21,26)23-19(24)22-18-15-7-3-5-12(15)9-13-6-4-8-16(13)18;/h9-11,25H,3-8H2,1-2H3,(H3,21,22,23,24,26);1H2. The Kier molecular flexibility index (Phi) is 5.88. The third-order valence-corrected chi connectivity index (χ3v) is 6.72. The predicted molar refractivity (Wildman–Crippen MR) is 117 cm³/mol. The first-order valence-electron chi connectivity index (χ1n) is 9.49. The Hall–Kier alpha value is -1.81. The van der Waals surface area contributed by atoms with Crippen LogP contribution in [0.2, 0.25) is 0 Å². The molecule has 4 rings (SSSR count). The summed E-state index contributed by atoms with van der Waals surface area (Å²) >= 11 is 0. The van der Waals surface area contributed by atoms with Crippen LogP contribution in [0, 0.1) is 0 Å². The van der Waals surface area contributed by atoms with Crippen molar-refractivity contribution >= 4 is 35.1 Å². The van der Waals surface area contributed by atoms with E-state index in [2.05, 4.69) is 15.7 Å². The first kappa shape index (κ1) is 21.9. The predicted octanol–water partition coefficient (Wildman–Crippen LogP) is 3.53. The summed E-state index contributed by atoms with van der Waals surface area (Å²) < 4.78 is 21.7. The summed E-state index contributed by atoms with van der Waals surface area (Å²) in [5.41, 5.74) is 4.95. The Morgan fingerprint density at radius 2 is 1.76 bits per heavy atom. The van der Waals surface area contributed by atoms with Gasteiger partial charge in [0, 0.05) is 17.3 Å². The Balaban J connectivity index is 0.00000240. The molecule has 29 heavy (non-hydrogen) atoms. The van der Waals surface area contributed by atoms with Crippen molar-refractivity contribution < 1.29 is 18.5 Å². The molecule has 4 N–H and O–H groups in total. The zero-order valence-electron chi connectivity index (χ0n) is 16.6. The van der Waals surface area contributed by atoms with Crippen molar-refractivity contribution in [2.45, 2.75) is 63.1 Å². The molecule has 2 amide bonds. The number of fused-ring (bicyclic) bond motifs is 2. The maximum Gasteiger partial charge on any atom is 0.354 e. The van der Waals surface area contributed by atoms with Crippen LogP contribution in [0.5, 0.6) is 0 Å². The van der Waals surface area contributed by atoms with E-state index in [1.807, 2.05) is 0 Å². The molecule has 1 aromatic carbocycles. The third-order valence-electron chi connectivity index (χ3n) is 5.49. The minimum Gasteiger partial charge on any atom is -0.453 e. The number of carbonyl (C=O) groups is 1. The fraction of sp³-hybridized carbons (Fsp3) is 0.450. The van der Waals surface area contributed by atoms with Crippen LogP contribution >= 0.6 is 13.5 Å². The van der Waals surface area contributed by atoms with Gasteiger partial charge in [-0.25, -0.2) is 14.1 Å².